The molecule has 0 spiro atoms. The summed E-state index contributed by atoms with van der Waals surface area (Å²) in [6, 6.07) is 0. The van der Waals surface area contributed by atoms with Gasteiger partial charge in [0.25, 0.3) is 0 Å². The molecule has 0 rings (SSSR count). The molecule has 0 aliphatic rings. The summed E-state index contributed by atoms with van der Waals surface area (Å²) < 4.78 is 0. The fourth-order valence-corrected chi connectivity index (χ4v) is 24.5. The Labute approximate surface area is 467 Å². The van der Waals surface area contributed by atoms with Crippen molar-refractivity contribution < 1.29 is 0 Å². The van der Waals surface area contributed by atoms with E-state index in [2.05, 4.69) is 41.5 Å². The van der Waals surface area contributed by atoms with Crippen LogP contribution < -0.4 is 0 Å². The zero-order valence-corrected chi connectivity index (χ0v) is 53.9. The van der Waals surface area contributed by atoms with Gasteiger partial charge in [0.1, 0.15) is 0 Å². The van der Waals surface area contributed by atoms with Crippen molar-refractivity contribution in [3.63, 3.8) is 0 Å². The highest BCUT2D eigenvalue weighted by molar-refractivity contribution is 8.64. The maximum Gasteiger partial charge on any atom is -0.0336 e. The Balaban J connectivity index is 6.92. The quantitative estimate of drug-likeness (QED) is 0.0533. The van der Waals surface area contributed by atoms with Crippen LogP contribution in [0, 0.1) is 0 Å². The third-order valence-electron chi connectivity index (χ3n) is 19.3. The van der Waals surface area contributed by atoms with Crippen LogP contribution in [0.5, 0.6) is 0 Å². The highest BCUT2D eigenvalue weighted by atomic mass is 32.4. The highest BCUT2D eigenvalue weighted by Crippen LogP contribution is 2.91. The summed E-state index contributed by atoms with van der Waals surface area (Å²) in [5.74, 6) is 10.2. The Morgan fingerprint density at radius 2 is 0.192 bits per heavy atom. The van der Waals surface area contributed by atoms with Gasteiger partial charge < -0.3 is 0 Å². The van der Waals surface area contributed by atoms with Crippen LogP contribution in [0.1, 0.15) is 427 Å². The first kappa shape index (κ1) is 73.3. The topological polar surface area (TPSA) is 0 Å². The summed E-state index contributed by atoms with van der Waals surface area (Å²) >= 11 is 0. The molecule has 444 valence electrons. The number of hydrogen-bond acceptors (Lipinski definition) is 0. The van der Waals surface area contributed by atoms with Gasteiger partial charge in [0.2, 0.25) is 0 Å². The minimum absolute atomic E-state index is 1.38. The van der Waals surface area contributed by atoms with E-state index >= 15 is 0 Å². The van der Waals surface area contributed by atoms with Crippen LogP contribution in [0.4, 0.5) is 0 Å². The van der Waals surface area contributed by atoms with Crippen LogP contribution in [0.15, 0.2) is 0 Å². The monoisotopic (exact) mass is 1050 g/mol. The van der Waals surface area contributed by atoms with Crippen LogP contribution in [0.2, 0.25) is 0 Å². The zero-order chi connectivity index (χ0) is 53.1. The molecule has 0 amide bonds. The molecule has 0 unspecified atom stereocenters. The maximum atomic E-state index is 2.37. The van der Waals surface area contributed by atoms with Gasteiger partial charge >= 0.3 is 0 Å². The summed E-state index contributed by atoms with van der Waals surface area (Å²) in [6.07, 6.45) is 89.6. The maximum absolute atomic E-state index is 2.45. The van der Waals surface area contributed by atoms with Crippen molar-refractivity contribution in [2.45, 2.75) is 427 Å². The first-order valence-corrected chi connectivity index (χ1v) is 39.4. The molecule has 0 nitrogen and oxygen atoms in total. The second kappa shape index (κ2) is 55.7. The molecule has 0 aliphatic carbocycles. The minimum atomic E-state index is -2.45. The third-order valence-corrected chi connectivity index (χ3v) is 29.7. The van der Waals surface area contributed by atoms with Crippen LogP contribution in [0.3, 0.4) is 0 Å². The smallest absolute Gasteiger partial charge is 0.0336 e. The van der Waals surface area contributed by atoms with E-state index < -0.39 is 8.29 Å². The second-order valence-corrected chi connectivity index (χ2v) is 35.0. The van der Waals surface area contributed by atoms with Gasteiger partial charge in [0.05, 0.1) is 0 Å². The van der Waals surface area contributed by atoms with Gasteiger partial charge in [0, 0.05) is 0 Å². The number of rotatable bonds is 66. The van der Waals surface area contributed by atoms with E-state index in [1.165, 1.54) is 308 Å². The predicted octanol–water partition coefficient (Wildman–Crippen LogP) is 27.4. The molecule has 0 aromatic carbocycles. The Morgan fingerprint density at radius 3 is 0.288 bits per heavy atom. The van der Waals surface area contributed by atoms with Gasteiger partial charge in [-0.2, -0.15) is 0 Å². The van der Waals surface area contributed by atoms with E-state index in [-0.39, 0.29) is 0 Å². The normalized spacial score (nSPS) is 13.1. The van der Waals surface area contributed by atoms with Gasteiger partial charge in [-0.05, 0) is 73.0 Å². The predicted molar refractivity (Wildman–Crippen MR) is 348 cm³/mol. The molecule has 0 saturated heterocycles. The molecule has 0 fully saturated rings. The average molecular weight is 1050 g/mol. The van der Waals surface area contributed by atoms with Crippen molar-refractivity contribution in [1.82, 2.24) is 0 Å². The molecule has 0 saturated carbocycles. The molecule has 0 heterocycles. The molecule has 0 aliphatic heterocycles. The first-order chi connectivity index (χ1) is 36.0. The largest absolute Gasteiger partial charge is 0.274 e. The lowest BCUT2D eigenvalue weighted by Crippen LogP contribution is -2.53. The summed E-state index contributed by atoms with van der Waals surface area (Å²) in [7, 11) is -2.45. The molecule has 73 heavy (non-hydrogen) atoms. The molecule has 0 atom stereocenters. The first-order valence-electron chi connectivity index (χ1n) is 36.0. The summed E-state index contributed by atoms with van der Waals surface area (Å²) in [5.41, 5.74) is 0. The van der Waals surface area contributed by atoms with Gasteiger partial charge in [-0.25, -0.2) is 0 Å². The SMILES string of the molecule is CCCCCCCCCCCCS(CCCCCCCCCCCC)(CCCCCCCCCCCC)(CCCCCCCCCCCC)(CCCCCCCCCCCC)CCCCCCCCCCCC. The highest BCUT2D eigenvalue weighted by Gasteiger charge is 2.57. The van der Waals surface area contributed by atoms with Crippen molar-refractivity contribution in [3.8, 4) is 0 Å². The van der Waals surface area contributed by atoms with Crippen molar-refractivity contribution in [2.75, 3.05) is 34.5 Å². The summed E-state index contributed by atoms with van der Waals surface area (Å²) in [6.45, 7) is 14.2. The molecule has 0 N–H and O–H groups in total. The molecular weight excluding hydrogens is 897 g/mol. The summed E-state index contributed by atoms with van der Waals surface area (Å²) in [5, 5.41) is 0. The Hall–Kier alpha value is 0.350. The Morgan fingerprint density at radius 1 is 0.110 bits per heavy atom. The lowest BCUT2D eigenvalue weighted by atomic mass is 10.1. The molecule has 0 bridgehead atoms. The standard InChI is InChI=1S/C72H150S/c1-7-13-19-25-31-37-43-49-55-61-67-73(68-62-56-50-44-38-32-26-20-14-8-2,69-63-57-51-45-39-33-27-21-15-9-3,70-64-58-52-46-40-34-28-22-16-10-4,71-65-59-53-47-41-35-29-23-17-11-5)72-66-60-54-48-42-36-30-24-18-12-6/h7-72H2,1-6H3. The third kappa shape index (κ3) is 43.9. The van der Waals surface area contributed by atoms with Crippen molar-refractivity contribution in [1.29, 1.82) is 0 Å². The average Bonchev–Trinajstić information content (AvgIpc) is 3.40. The fraction of sp³-hybridized carbons (Fsp3) is 1.00. The van der Waals surface area contributed by atoms with Gasteiger partial charge in [0.15, 0.2) is 0 Å². The van der Waals surface area contributed by atoms with Crippen LogP contribution in [0.25, 0.3) is 0 Å². The van der Waals surface area contributed by atoms with Crippen molar-refractivity contribution in [3.05, 3.63) is 0 Å². The second-order valence-electron chi connectivity index (χ2n) is 26.4. The molecule has 0 radical (unpaired) electrons. The van der Waals surface area contributed by atoms with Crippen LogP contribution in [-0.4, -0.2) is 34.5 Å². The number of unbranched alkanes of at least 4 members (excludes halogenated alkanes) is 54. The fourth-order valence-electron chi connectivity index (χ4n) is 14.1. The van der Waals surface area contributed by atoms with Crippen LogP contribution >= 0.6 is 8.29 Å². The van der Waals surface area contributed by atoms with Crippen molar-refractivity contribution >= 4 is 8.29 Å². The Bertz CT molecular complexity index is 805. The summed E-state index contributed by atoms with van der Waals surface area (Å²) in [4.78, 5) is 0. The number of hydrogen-bond donors (Lipinski definition) is 0. The van der Waals surface area contributed by atoms with E-state index in [0.717, 1.165) is 0 Å². The lowest BCUT2D eigenvalue weighted by Gasteiger charge is -2.82. The molecule has 0 aromatic rings. The van der Waals surface area contributed by atoms with E-state index in [0.29, 0.717) is 0 Å². The molecule has 0 aromatic heterocycles. The minimum Gasteiger partial charge on any atom is -0.274 e. The Kier molecular flexibility index (Phi) is 55.9. The van der Waals surface area contributed by atoms with Gasteiger partial charge in [-0.1, -0.05) is 388 Å². The molecule has 1 heteroatoms. The van der Waals surface area contributed by atoms with Gasteiger partial charge in [-0.15, -0.1) is 0 Å². The molecular formula is C72H150S. The van der Waals surface area contributed by atoms with E-state index in [1.54, 1.807) is 112 Å². The zero-order valence-electron chi connectivity index (χ0n) is 53.1. The van der Waals surface area contributed by atoms with Crippen molar-refractivity contribution in [2.24, 2.45) is 0 Å². The van der Waals surface area contributed by atoms with E-state index in [1.807, 2.05) is 0 Å². The van der Waals surface area contributed by atoms with Crippen LogP contribution in [-0.2, 0) is 0 Å². The van der Waals surface area contributed by atoms with Gasteiger partial charge in [-0.3, -0.25) is 8.29 Å². The van der Waals surface area contributed by atoms with E-state index in [4.69, 9.17) is 0 Å². The van der Waals surface area contributed by atoms with E-state index in [9.17, 15) is 0 Å². The lowest BCUT2D eigenvalue weighted by molar-refractivity contribution is 0.551.